The quantitative estimate of drug-likeness (QED) is 0.789. The number of piperidine rings is 1. The monoisotopic (exact) mass is 426 g/mol. The van der Waals surface area contributed by atoms with Gasteiger partial charge in [0.1, 0.15) is 0 Å². The third kappa shape index (κ3) is 5.57. The van der Waals surface area contributed by atoms with Gasteiger partial charge in [0.2, 0.25) is 15.9 Å². The molecule has 9 heteroatoms. The van der Waals surface area contributed by atoms with Gasteiger partial charge in [-0.25, -0.2) is 12.7 Å². The molecule has 0 bridgehead atoms. The second kappa shape index (κ2) is 8.54. The fourth-order valence-corrected chi connectivity index (χ4v) is 4.91. The Morgan fingerprint density at radius 2 is 1.83 bits per heavy atom. The standard InChI is InChI=1S/C20H21F3N2O3S/c21-20(22,23)17-9-4-10-18(12-17)24-19(26)16-8-5-11-25(13-16)29(27,28)14-15-6-2-1-3-7-15/h1-4,6-7,9-10,12,16H,5,8,11,13-14H2,(H,24,26)/t16-/m0/s1. The number of rotatable bonds is 5. The summed E-state index contributed by atoms with van der Waals surface area (Å²) >= 11 is 0. The number of benzene rings is 2. The van der Waals surface area contributed by atoms with Crippen LogP contribution >= 0.6 is 0 Å². The summed E-state index contributed by atoms with van der Waals surface area (Å²) in [5, 5.41) is 2.49. The number of carbonyl (C=O) groups is 1. The van der Waals surface area contributed by atoms with E-state index in [4.69, 9.17) is 0 Å². The highest BCUT2D eigenvalue weighted by atomic mass is 32.2. The van der Waals surface area contributed by atoms with Crippen molar-refractivity contribution in [2.24, 2.45) is 5.92 Å². The zero-order chi connectivity index (χ0) is 21.1. The molecule has 1 atom stereocenters. The second-order valence-corrected chi connectivity index (χ2v) is 8.98. The molecule has 0 aromatic heterocycles. The van der Waals surface area contributed by atoms with E-state index in [0.717, 1.165) is 12.1 Å². The normalized spacial score (nSPS) is 18.4. The van der Waals surface area contributed by atoms with E-state index >= 15 is 0 Å². The van der Waals surface area contributed by atoms with Gasteiger partial charge in [0.25, 0.3) is 0 Å². The van der Waals surface area contributed by atoms with Crippen LogP contribution in [0.1, 0.15) is 24.0 Å². The molecule has 0 saturated carbocycles. The lowest BCUT2D eigenvalue weighted by Crippen LogP contribution is -2.44. The minimum atomic E-state index is -4.51. The average Bonchev–Trinajstić information content (AvgIpc) is 2.68. The fraction of sp³-hybridized carbons (Fsp3) is 0.350. The van der Waals surface area contributed by atoms with Gasteiger partial charge in [-0.3, -0.25) is 4.79 Å². The highest BCUT2D eigenvalue weighted by Gasteiger charge is 2.33. The van der Waals surface area contributed by atoms with Gasteiger partial charge in [-0.2, -0.15) is 13.2 Å². The predicted octanol–water partition coefficient (Wildman–Crippen LogP) is 3.89. The lowest BCUT2D eigenvalue weighted by molar-refractivity contribution is -0.137. The van der Waals surface area contributed by atoms with E-state index in [1.165, 1.54) is 16.4 Å². The summed E-state index contributed by atoms with van der Waals surface area (Å²) < 4.78 is 65.2. The molecule has 2 aromatic rings. The Bertz CT molecular complexity index is 962. The summed E-state index contributed by atoms with van der Waals surface area (Å²) in [5.74, 6) is -1.26. The molecule has 29 heavy (non-hydrogen) atoms. The van der Waals surface area contributed by atoms with Crippen LogP contribution in [0.25, 0.3) is 0 Å². The minimum absolute atomic E-state index is 0.0139. The molecule has 1 fully saturated rings. The van der Waals surface area contributed by atoms with Crippen LogP contribution < -0.4 is 5.32 Å². The van der Waals surface area contributed by atoms with Crippen LogP contribution in [0.2, 0.25) is 0 Å². The van der Waals surface area contributed by atoms with Gasteiger partial charge in [0, 0.05) is 18.8 Å². The van der Waals surface area contributed by atoms with E-state index in [1.54, 1.807) is 30.3 Å². The number of sulfonamides is 1. The Balaban J connectivity index is 1.66. The van der Waals surface area contributed by atoms with E-state index in [1.807, 2.05) is 0 Å². The first-order chi connectivity index (χ1) is 13.6. The van der Waals surface area contributed by atoms with E-state index in [2.05, 4.69) is 5.32 Å². The molecule has 156 valence electrons. The minimum Gasteiger partial charge on any atom is -0.326 e. The van der Waals surface area contributed by atoms with E-state index in [0.29, 0.717) is 24.9 Å². The summed E-state index contributed by atoms with van der Waals surface area (Å²) in [6, 6.07) is 13.1. The number of nitrogens with zero attached hydrogens (tertiary/aromatic N) is 1. The van der Waals surface area contributed by atoms with Crippen LogP contribution in [0.5, 0.6) is 0 Å². The largest absolute Gasteiger partial charge is 0.416 e. The van der Waals surface area contributed by atoms with Gasteiger partial charge in [0.15, 0.2) is 0 Å². The average molecular weight is 426 g/mol. The van der Waals surface area contributed by atoms with Crippen LogP contribution in [0.15, 0.2) is 54.6 Å². The Kier molecular flexibility index (Phi) is 6.28. The fourth-order valence-electron chi connectivity index (χ4n) is 3.30. The van der Waals surface area contributed by atoms with E-state index in [-0.39, 0.29) is 18.0 Å². The van der Waals surface area contributed by atoms with Crippen LogP contribution in [0.3, 0.4) is 0 Å². The van der Waals surface area contributed by atoms with Gasteiger partial charge in [-0.15, -0.1) is 0 Å². The zero-order valence-corrected chi connectivity index (χ0v) is 16.3. The SMILES string of the molecule is O=C(Nc1cccc(C(F)(F)F)c1)[C@H]1CCCN(S(=O)(=O)Cc2ccccc2)C1. The molecule has 1 amide bonds. The highest BCUT2D eigenvalue weighted by Crippen LogP contribution is 2.31. The van der Waals surface area contributed by atoms with Crippen LogP contribution in [0, 0.1) is 5.92 Å². The summed E-state index contributed by atoms with van der Waals surface area (Å²) in [6.45, 7) is 0.336. The number of hydrogen-bond acceptors (Lipinski definition) is 3. The molecule has 1 N–H and O–H groups in total. The smallest absolute Gasteiger partial charge is 0.326 e. The van der Waals surface area contributed by atoms with Crippen molar-refractivity contribution in [2.45, 2.75) is 24.8 Å². The molecule has 1 aliphatic heterocycles. The molecule has 1 saturated heterocycles. The molecular weight excluding hydrogens is 405 g/mol. The summed E-state index contributed by atoms with van der Waals surface area (Å²) in [7, 11) is -3.60. The second-order valence-electron chi connectivity index (χ2n) is 7.01. The molecule has 0 aliphatic carbocycles. The number of anilines is 1. The first kappa shape index (κ1) is 21.3. The molecular formula is C20H21F3N2O3S. The van der Waals surface area contributed by atoms with Crippen molar-refractivity contribution in [1.82, 2.24) is 4.31 Å². The van der Waals surface area contributed by atoms with Gasteiger partial charge < -0.3 is 5.32 Å². The number of carbonyl (C=O) groups excluding carboxylic acids is 1. The molecule has 0 spiro atoms. The maximum atomic E-state index is 12.8. The van der Waals surface area contributed by atoms with Gasteiger partial charge in [-0.05, 0) is 36.6 Å². The van der Waals surface area contributed by atoms with Crippen molar-refractivity contribution in [3.8, 4) is 0 Å². The van der Waals surface area contributed by atoms with Gasteiger partial charge in [0.05, 0.1) is 17.2 Å². The summed E-state index contributed by atoms with van der Waals surface area (Å²) in [4.78, 5) is 12.5. The maximum absolute atomic E-state index is 12.8. The van der Waals surface area contributed by atoms with Gasteiger partial charge >= 0.3 is 6.18 Å². The molecule has 0 radical (unpaired) electrons. The highest BCUT2D eigenvalue weighted by molar-refractivity contribution is 7.88. The Hall–Kier alpha value is -2.39. The maximum Gasteiger partial charge on any atom is 0.416 e. The lowest BCUT2D eigenvalue weighted by Gasteiger charge is -2.31. The van der Waals surface area contributed by atoms with Crippen molar-refractivity contribution in [3.63, 3.8) is 0 Å². The predicted molar refractivity (Wildman–Crippen MR) is 103 cm³/mol. The number of nitrogens with one attached hydrogen (secondary N) is 1. The topological polar surface area (TPSA) is 66.5 Å². The third-order valence-electron chi connectivity index (χ3n) is 4.80. The number of amides is 1. The molecule has 1 heterocycles. The summed E-state index contributed by atoms with van der Waals surface area (Å²) in [5.41, 5.74) is -0.164. The van der Waals surface area contributed by atoms with E-state index < -0.39 is 33.6 Å². The third-order valence-corrected chi connectivity index (χ3v) is 6.61. The first-order valence-electron chi connectivity index (χ1n) is 9.15. The Morgan fingerprint density at radius 3 is 2.52 bits per heavy atom. The van der Waals surface area contributed by atoms with Crippen LogP contribution in [-0.4, -0.2) is 31.7 Å². The molecule has 3 rings (SSSR count). The molecule has 5 nitrogen and oxygen atoms in total. The van der Waals surface area contributed by atoms with Crippen LogP contribution in [-0.2, 0) is 26.7 Å². The summed E-state index contributed by atoms with van der Waals surface area (Å²) in [6.07, 6.45) is -3.52. The van der Waals surface area contributed by atoms with Gasteiger partial charge in [-0.1, -0.05) is 36.4 Å². The van der Waals surface area contributed by atoms with Crippen molar-refractivity contribution in [3.05, 3.63) is 65.7 Å². The number of halogens is 3. The number of alkyl halides is 3. The van der Waals surface area contributed by atoms with Crippen molar-refractivity contribution in [1.29, 1.82) is 0 Å². The Labute approximate surface area is 167 Å². The van der Waals surface area contributed by atoms with E-state index in [9.17, 15) is 26.4 Å². The molecule has 1 aliphatic rings. The first-order valence-corrected chi connectivity index (χ1v) is 10.8. The van der Waals surface area contributed by atoms with Crippen molar-refractivity contribution >= 4 is 21.6 Å². The molecule has 2 aromatic carbocycles. The van der Waals surface area contributed by atoms with Crippen molar-refractivity contribution < 1.29 is 26.4 Å². The lowest BCUT2D eigenvalue weighted by atomic mass is 9.98. The number of hydrogen-bond donors (Lipinski definition) is 1. The van der Waals surface area contributed by atoms with Crippen LogP contribution in [0.4, 0.5) is 18.9 Å². The zero-order valence-electron chi connectivity index (χ0n) is 15.5. The van der Waals surface area contributed by atoms with Crippen molar-refractivity contribution in [2.75, 3.05) is 18.4 Å². The molecule has 0 unspecified atom stereocenters. The Morgan fingerprint density at radius 1 is 1.10 bits per heavy atom.